The normalized spacial score (nSPS) is 11.5. The van der Waals surface area contributed by atoms with Gasteiger partial charge in [0, 0.05) is 5.02 Å². The molecule has 1 aromatic heterocycles. The minimum absolute atomic E-state index is 0.203. The maximum absolute atomic E-state index is 12.0. The van der Waals surface area contributed by atoms with Crippen LogP contribution in [0.2, 0.25) is 5.02 Å². The molecule has 3 aromatic rings. The van der Waals surface area contributed by atoms with E-state index in [0.29, 0.717) is 27.0 Å². The third-order valence-corrected chi connectivity index (χ3v) is 3.98. The molecule has 0 saturated heterocycles. The SMILES string of the molecule is CSC(=Nc1ccc(Cl)cc1)NNc1nc2ccccc2c(=O)[nH]1. The number of anilines is 1. The number of hydrogen-bond donors (Lipinski definition) is 3. The number of fused-ring (bicyclic) bond motifs is 1. The van der Waals surface area contributed by atoms with Gasteiger partial charge in [-0.25, -0.2) is 9.98 Å². The minimum atomic E-state index is -0.203. The lowest BCUT2D eigenvalue weighted by Crippen LogP contribution is -2.29. The molecule has 24 heavy (non-hydrogen) atoms. The van der Waals surface area contributed by atoms with E-state index in [-0.39, 0.29) is 5.56 Å². The summed E-state index contributed by atoms with van der Waals surface area (Å²) in [6.07, 6.45) is 1.89. The molecule has 3 N–H and O–H groups in total. The molecule has 0 spiro atoms. The average molecular weight is 360 g/mol. The molecule has 0 aliphatic carbocycles. The highest BCUT2D eigenvalue weighted by molar-refractivity contribution is 8.13. The lowest BCUT2D eigenvalue weighted by atomic mass is 10.2. The van der Waals surface area contributed by atoms with Gasteiger partial charge in [0.05, 0.1) is 16.6 Å². The molecule has 8 heteroatoms. The number of aromatic nitrogens is 2. The van der Waals surface area contributed by atoms with Gasteiger partial charge in [0.15, 0.2) is 5.17 Å². The van der Waals surface area contributed by atoms with Crippen LogP contribution in [0.5, 0.6) is 0 Å². The van der Waals surface area contributed by atoms with Gasteiger partial charge in [-0.05, 0) is 42.7 Å². The standard InChI is InChI=1S/C16H14ClN5OS/c1-24-16(18-11-8-6-10(17)7-9-11)22-21-15-19-13-5-3-2-4-12(13)14(23)20-15/h2-9H,1H3,(H,18,22)(H2,19,20,21,23). The van der Waals surface area contributed by atoms with Gasteiger partial charge in [0.1, 0.15) is 0 Å². The first-order valence-corrected chi connectivity index (χ1v) is 8.65. The third kappa shape index (κ3) is 3.87. The molecule has 0 amide bonds. The molecule has 0 unspecified atom stereocenters. The lowest BCUT2D eigenvalue weighted by molar-refractivity contribution is 1.04. The monoisotopic (exact) mass is 359 g/mol. The Bertz CT molecular complexity index is 939. The molecular weight excluding hydrogens is 346 g/mol. The van der Waals surface area contributed by atoms with Crippen molar-refractivity contribution in [1.82, 2.24) is 15.4 Å². The van der Waals surface area contributed by atoms with Crippen molar-refractivity contribution in [3.05, 3.63) is 63.9 Å². The highest BCUT2D eigenvalue weighted by Crippen LogP contribution is 2.17. The number of nitrogens with one attached hydrogen (secondary N) is 3. The second-order valence-electron chi connectivity index (χ2n) is 4.78. The van der Waals surface area contributed by atoms with Crippen molar-refractivity contribution in [1.29, 1.82) is 0 Å². The molecule has 122 valence electrons. The summed E-state index contributed by atoms with van der Waals surface area (Å²) in [6, 6.07) is 14.3. The Labute approximate surface area is 147 Å². The molecule has 0 aliphatic rings. The number of halogens is 1. The van der Waals surface area contributed by atoms with Crippen LogP contribution in [0.1, 0.15) is 0 Å². The van der Waals surface area contributed by atoms with Crippen molar-refractivity contribution < 1.29 is 0 Å². The fraction of sp³-hybridized carbons (Fsp3) is 0.0625. The molecule has 2 aromatic carbocycles. The summed E-state index contributed by atoms with van der Waals surface area (Å²) in [6.45, 7) is 0. The number of para-hydroxylation sites is 1. The Morgan fingerprint density at radius 1 is 1.21 bits per heavy atom. The molecule has 0 saturated carbocycles. The molecule has 0 atom stereocenters. The van der Waals surface area contributed by atoms with Crippen LogP contribution in [0.15, 0.2) is 58.3 Å². The van der Waals surface area contributed by atoms with E-state index in [2.05, 4.69) is 25.8 Å². The van der Waals surface area contributed by atoms with Gasteiger partial charge in [-0.1, -0.05) is 35.5 Å². The average Bonchev–Trinajstić information content (AvgIpc) is 2.60. The van der Waals surface area contributed by atoms with Crippen molar-refractivity contribution in [3.63, 3.8) is 0 Å². The van der Waals surface area contributed by atoms with E-state index in [1.54, 1.807) is 30.3 Å². The predicted molar refractivity (Wildman–Crippen MR) is 101 cm³/mol. The number of aliphatic imine (C=N–C) groups is 1. The van der Waals surface area contributed by atoms with Crippen LogP contribution < -0.4 is 16.4 Å². The molecule has 0 fully saturated rings. The van der Waals surface area contributed by atoms with E-state index >= 15 is 0 Å². The van der Waals surface area contributed by atoms with Crippen LogP contribution in [0, 0.1) is 0 Å². The number of amidine groups is 1. The molecule has 3 rings (SSSR count). The summed E-state index contributed by atoms with van der Waals surface area (Å²) >= 11 is 7.28. The van der Waals surface area contributed by atoms with Gasteiger partial charge in [-0.15, -0.1) is 0 Å². The Balaban J connectivity index is 1.78. The lowest BCUT2D eigenvalue weighted by Gasteiger charge is -2.10. The fourth-order valence-electron chi connectivity index (χ4n) is 2.02. The predicted octanol–water partition coefficient (Wildman–Crippen LogP) is 3.54. The summed E-state index contributed by atoms with van der Waals surface area (Å²) in [7, 11) is 0. The largest absolute Gasteiger partial charge is 0.291 e. The zero-order valence-corrected chi connectivity index (χ0v) is 14.3. The van der Waals surface area contributed by atoms with Crippen LogP contribution in [-0.2, 0) is 0 Å². The Morgan fingerprint density at radius 3 is 2.71 bits per heavy atom. The van der Waals surface area contributed by atoms with Crippen molar-refractivity contribution in [2.45, 2.75) is 0 Å². The van der Waals surface area contributed by atoms with E-state index < -0.39 is 0 Å². The summed E-state index contributed by atoms with van der Waals surface area (Å²) < 4.78 is 0. The van der Waals surface area contributed by atoms with Gasteiger partial charge < -0.3 is 0 Å². The highest BCUT2D eigenvalue weighted by atomic mass is 35.5. The van der Waals surface area contributed by atoms with Crippen LogP contribution >= 0.6 is 23.4 Å². The number of aromatic amines is 1. The van der Waals surface area contributed by atoms with Crippen LogP contribution in [0.3, 0.4) is 0 Å². The van der Waals surface area contributed by atoms with E-state index in [4.69, 9.17) is 11.6 Å². The van der Waals surface area contributed by atoms with E-state index in [1.807, 2.05) is 24.5 Å². The maximum Gasteiger partial charge on any atom is 0.260 e. The molecular formula is C16H14ClN5OS. The smallest absolute Gasteiger partial charge is 0.260 e. The van der Waals surface area contributed by atoms with E-state index in [0.717, 1.165) is 5.69 Å². The zero-order chi connectivity index (χ0) is 16.9. The van der Waals surface area contributed by atoms with Crippen LogP contribution in [0.4, 0.5) is 11.6 Å². The summed E-state index contributed by atoms with van der Waals surface area (Å²) in [5.41, 5.74) is 6.98. The van der Waals surface area contributed by atoms with Gasteiger partial charge >= 0.3 is 0 Å². The van der Waals surface area contributed by atoms with Crippen molar-refractivity contribution in [2.75, 3.05) is 11.7 Å². The van der Waals surface area contributed by atoms with Gasteiger partial charge in [0.2, 0.25) is 5.95 Å². The van der Waals surface area contributed by atoms with Crippen molar-refractivity contribution in [3.8, 4) is 0 Å². The summed E-state index contributed by atoms with van der Waals surface area (Å²) in [5, 5.41) is 1.82. The zero-order valence-electron chi connectivity index (χ0n) is 12.7. The number of nitrogens with zero attached hydrogens (tertiary/aromatic N) is 2. The van der Waals surface area contributed by atoms with Gasteiger partial charge in [-0.2, -0.15) is 0 Å². The minimum Gasteiger partial charge on any atom is -0.291 e. The highest BCUT2D eigenvalue weighted by Gasteiger charge is 2.04. The van der Waals surface area contributed by atoms with Crippen LogP contribution in [0.25, 0.3) is 10.9 Å². The maximum atomic E-state index is 12.0. The number of hydrogen-bond acceptors (Lipinski definition) is 5. The first-order valence-electron chi connectivity index (χ1n) is 7.05. The second-order valence-corrected chi connectivity index (χ2v) is 6.01. The van der Waals surface area contributed by atoms with E-state index in [9.17, 15) is 4.79 Å². The molecule has 6 nitrogen and oxygen atoms in total. The quantitative estimate of drug-likeness (QED) is 0.378. The molecule has 0 radical (unpaired) electrons. The molecule has 0 bridgehead atoms. The summed E-state index contributed by atoms with van der Waals surface area (Å²) in [5.74, 6) is 0.316. The number of benzene rings is 2. The van der Waals surface area contributed by atoms with Gasteiger partial charge in [-0.3, -0.25) is 20.6 Å². The van der Waals surface area contributed by atoms with Crippen molar-refractivity contribution in [2.24, 2.45) is 4.99 Å². The first-order chi connectivity index (χ1) is 11.7. The molecule has 1 heterocycles. The van der Waals surface area contributed by atoms with Gasteiger partial charge in [0.25, 0.3) is 5.56 Å². The molecule has 0 aliphatic heterocycles. The first kappa shape index (κ1) is 16.4. The topological polar surface area (TPSA) is 82.2 Å². The third-order valence-electron chi connectivity index (χ3n) is 3.15. The number of rotatable bonds is 3. The fourth-order valence-corrected chi connectivity index (χ4v) is 2.49. The van der Waals surface area contributed by atoms with Crippen LogP contribution in [-0.4, -0.2) is 21.4 Å². The van der Waals surface area contributed by atoms with Crippen molar-refractivity contribution >= 4 is 51.1 Å². The summed E-state index contributed by atoms with van der Waals surface area (Å²) in [4.78, 5) is 23.5. The number of thioether (sulfide) groups is 1. The number of hydrazine groups is 1. The Morgan fingerprint density at radius 2 is 1.96 bits per heavy atom. The Kier molecular flexibility index (Phi) is 5.02. The Hall–Kier alpha value is -2.51. The second kappa shape index (κ2) is 7.37. The van der Waals surface area contributed by atoms with E-state index in [1.165, 1.54) is 11.8 Å². The number of H-pyrrole nitrogens is 1.